The molecule has 0 aliphatic heterocycles. The van der Waals surface area contributed by atoms with Crippen molar-refractivity contribution in [2.75, 3.05) is 12.8 Å². The van der Waals surface area contributed by atoms with Crippen molar-refractivity contribution in [1.29, 1.82) is 0 Å². The van der Waals surface area contributed by atoms with Gasteiger partial charge in [-0.05, 0) is 73.8 Å². The van der Waals surface area contributed by atoms with E-state index in [-0.39, 0.29) is 24.0 Å². The Bertz CT molecular complexity index is 938. The molecule has 3 aromatic rings. The van der Waals surface area contributed by atoms with Crippen LogP contribution in [-0.2, 0) is 4.43 Å². The summed E-state index contributed by atoms with van der Waals surface area (Å²) in [7, 11) is -3.24. The first kappa shape index (κ1) is 34.2. The standard InChI is InChI=1S/C35H52OPSi.HI/c1-35(2,3)38(4,5)36-30-22-11-9-7-6-8-10-12-23-31-37(32-24-16-13-17-25-32,33-26-18-14-19-27-33)34-28-20-15-21-29-34;/h13-21,24-29H,6-12,22-23,30-31H2,1-5H3;1H/q+1;. The summed E-state index contributed by atoms with van der Waals surface area (Å²) >= 11 is 0. The molecule has 0 amide bonds. The maximum absolute atomic E-state index is 6.33. The van der Waals surface area contributed by atoms with Gasteiger partial charge in [-0.2, -0.15) is 0 Å². The molecule has 1 nitrogen and oxygen atoms in total. The molecule has 0 N–H and O–H groups in total. The summed E-state index contributed by atoms with van der Waals surface area (Å²) in [5.41, 5.74) is 0. The summed E-state index contributed by atoms with van der Waals surface area (Å²) in [6.07, 6.45) is 13.2. The number of benzene rings is 3. The van der Waals surface area contributed by atoms with Crippen molar-refractivity contribution >= 4 is 55.5 Å². The lowest BCUT2D eigenvalue weighted by Crippen LogP contribution is -2.40. The summed E-state index contributed by atoms with van der Waals surface area (Å²) in [5, 5.41) is 4.84. The number of hydrogen-bond donors (Lipinski definition) is 0. The van der Waals surface area contributed by atoms with Gasteiger partial charge in [-0.3, -0.25) is 0 Å². The molecule has 39 heavy (non-hydrogen) atoms. The largest absolute Gasteiger partial charge is 0.417 e. The fourth-order valence-electron chi connectivity index (χ4n) is 5.11. The van der Waals surface area contributed by atoms with E-state index in [1.807, 2.05) is 0 Å². The minimum Gasteiger partial charge on any atom is -0.417 e. The molecule has 0 atom stereocenters. The van der Waals surface area contributed by atoms with Crippen LogP contribution >= 0.6 is 31.2 Å². The molecule has 0 heterocycles. The quantitative estimate of drug-likeness (QED) is 0.0636. The van der Waals surface area contributed by atoms with E-state index < -0.39 is 15.6 Å². The Morgan fingerprint density at radius 3 is 1.23 bits per heavy atom. The van der Waals surface area contributed by atoms with E-state index in [1.54, 1.807) is 0 Å². The fraction of sp³-hybridized carbons (Fsp3) is 0.486. The topological polar surface area (TPSA) is 9.23 Å². The lowest BCUT2D eigenvalue weighted by Gasteiger charge is -2.36. The van der Waals surface area contributed by atoms with Crippen molar-refractivity contribution in [2.45, 2.75) is 96.7 Å². The molecular formula is C35H53IOPSi+. The first-order valence-corrected chi connectivity index (χ1v) is 19.8. The normalized spacial score (nSPS) is 12.2. The lowest BCUT2D eigenvalue weighted by atomic mass is 10.1. The molecule has 0 radical (unpaired) electrons. The van der Waals surface area contributed by atoms with Crippen LogP contribution in [0.4, 0.5) is 0 Å². The van der Waals surface area contributed by atoms with E-state index in [0.29, 0.717) is 5.04 Å². The van der Waals surface area contributed by atoms with Crippen LogP contribution in [-0.4, -0.2) is 21.1 Å². The predicted molar refractivity (Wildman–Crippen MR) is 190 cm³/mol. The van der Waals surface area contributed by atoms with Gasteiger partial charge in [0, 0.05) is 6.61 Å². The molecule has 0 saturated heterocycles. The number of unbranched alkanes of at least 4 members (excludes halogenated alkanes) is 8. The number of hydrogen-bond acceptors (Lipinski definition) is 1. The SMILES string of the molecule is CC(C)(C)[Si](C)(C)OCCCCCCCCCCC[P+](c1ccccc1)(c1ccccc1)c1ccccc1.I. The number of rotatable bonds is 16. The van der Waals surface area contributed by atoms with Crippen molar-refractivity contribution in [2.24, 2.45) is 0 Å². The van der Waals surface area contributed by atoms with E-state index in [9.17, 15) is 0 Å². The van der Waals surface area contributed by atoms with Gasteiger partial charge in [0.15, 0.2) is 8.32 Å². The van der Waals surface area contributed by atoms with Gasteiger partial charge in [-0.15, -0.1) is 24.0 Å². The molecule has 0 saturated carbocycles. The molecule has 4 heteroatoms. The third-order valence-electron chi connectivity index (χ3n) is 8.50. The zero-order valence-corrected chi connectivity index (χ0v) is 29.4. The Labute approximate surface area is 259 Å². The highest BCUT2D eigenvalue weighted by atomic mass is 127. The Balaban J connectivity index is 0.00000533. The first-order valence-electron chi connectivity index (χ1n) is 15.0. The lowest BCUT2D eigenvalue weighted by molar-refractivity contribution is 0.277. The van der Waals surface area contributed by atoms with E-state index in [1.165, 1.54) is 79.9 Å². The van der Waals surface area contributed by atoms with Crippen LogP contribution in [0.15, 0.2) is 91.0 Å². The second-order valence-electron chi connectivity index (χ2n) is 12.3. The molecule has 0 spiro atoms. The van der Waals surface area contributed by atoms with Gasteiger partial charge in [0.25, 0.3) is 0 Å². The second kappa shape index (κ2) is 17.1. The van der Waals surface area contributed by atoms with Gasteiger partial charge >= 0.3 is 0 Å². The molecule has 214 valence electrons. The highest BCUT2D eigenvalue weighted by Crippen LogP contribution is 2.56. The van der Waals surface area contributed by atoms with E-state index in [0.717, 1.165) is 6.61 Å². The van der Waals surface area contributed by atoms with Crippen molar-refractivity contribution in [3.63, 3.8) is 0 Å². The summed E-state index contributed by atoms with van der Waals surface area (Å²) in [6, 6.07) is 33.9. The van der Waals surface area contributed by atoms with Crippen LogP contribution in [0.5, 0.6) is 0 Å². The third kappa shape index (κ3) is 10.1. The van der Waals surface area contributed by atoms with Crippen LogP contribution < -0.4 is 15.9 Å². The van der Waals surface area contributed by atoms with Crippen molar-refractivity contribution in [3.8, 4) is 0 Å². The van der Waals surface area contributed by atoms with Gasteiger partial charge in [0.2, 0.25) is 0 Å². The average molecular weight is 676 g/mol. The number of halogens is 1. The molecule has 0 fully saturated rings. The van der Waals surface area contributed by atoms with Crippen LogP contribution in [0.2, 0.25) is 18.1 Å². The maximum atomic E-state index is 6.33. The minimum absolute atomic E-state index is 0. The molecule has 0 aromatic heterocycles. The van der Waals surface area contributed by atoms with Gasteiger partial charge < -0.3 is 4.43 Å². The Hall–Kier alpha value is -1.00. The predicted octanol–water partition coefficient (Wildman–Crippen LogP) is 10.1. The molecule has 0 unspecified atom stereocenters. The highest BCUT2D eigenvalue weighted by molar-refractivity contribution is 14.0. The van der Waals surface area contributed by atoms with Crippen molar-refractivity contribution in [1.82, 2.24) is 0 Å². The first-order chi connectivity index (χ1) is 18.3. The zero-order chi connectivity index (χ0) is 27.3. The molecular weight excluding hydrogens is 622 g/mol. The van der Waals surface area contributed by atoms with Crippen LogP contribution in [0, 0.1) is 0 Å². The van der Waals surface area contributed by atoms with Gasteiger partial charge in [-0.1, -0.05) is 114 Å². The van der Waals surface area contributed by atoms with Gasteiger partial charge in [0.05, 0.1) is 6.16 Å². The second-order valence-corrected chi connectivity index (χ2v) is 20.8. The summed E-state index contributed by atoms with van der Waals surface area (Å²) in [4.78, 5) is 0. The third-order valence-corrected chi connectivity index (χ3v) is 17.6. The van der Waals surface area contributed by atoms with E-state index in [2.05, 4.69) is 125 Å². The van der Waals surface area contributed by atoms with E-state index >= 15 is 0 Å². The van der Waals surface area contributed by atoms with Gasteiger partial charge in [0.1, 0.15) is 23.2 Å². The van der Waals surface area contributed by atoms with Gasteiger partial charge in [-0.25, -0.2) is 0 Å². The maximum Gasteiger partial charge on any atom is 0.191 e. The Morgan fingerprint density at radius 2 is 0.872 bits per heavy atom. The Morgan fingerprint density at radius 1 is 0.538 bits per heavy atom. The summed E-state index contributed by atoms with van der Waals surface area (Å²) in [6.45, 7) is 12.6. The van der Waals surface area contributed by atoms with Crippen LogP contribution in [0.1, 0.15) is 78.6 Å². The van der Waals surface area contributed by atoms with Crippen LogP contribution in [0.3, 0.4) is 0 Å². The minimum atomic E-state index is -1.66. The molecule has 0 aliphatic rings. The molecule has 3 aromatic carbocycles. The highest BCUT2D eigenvalue weighted by Gasteiger charge is 2.44. The monoisotopic (exact) mass is 675 g/mol. The van der Waals surface area contributed by atoms with Crippen LogP contribution in [0.25, 0.3) is 0 Å². The van der Waals surface area contributed by atoms with Crippen molar-refractivity contribution < 1.29 is 4.43 Å². The van der Waals surface area contributed by atoms with E-state index in [4.69, 9.17) is 4.43 Å². The average Bonchev–Trinajstić information content (AvgIpc) is 2.92. The molecule has 3 rings (SSSR count). The van der Waals surface area contributed by atoms with Crippen molar-refractivity contribution in [3.05, 3.63) is 91.0 Å². The zero-order valence-electron chi connectivity index (χ0n) is 25.2. The molecule has 0 aliphatic carbocycles. The Kier molecular flexibility index (Phi) is 15.0. The molecule has 0 bridgehead atoms. The summed E-state index contributed by atoms with van der Waals surface area (Å²) in [5.74, 6) is 0. The smallest absolute Gasteiger partial charge is 0.191 e. The fourth-order valence-corrected chi connectivity index (χ4v) is 10.6. The summed E-state index contributed by atoms with van der Waals surface area (Å²) < 4.78 is 6.33.